The first-order valence-electron chi connectivity index (χ1n) is 13.1. The van der Waals surface area contributed by atoms with E-state index >= 15 is 0 Å². The number of nitrogens with zero attached hydrogens (tertiary/aromatic N) is 4. The largest absolute Gasteiger partial charge is 0.345 e. The van der Waals surface area contributed by atoms with Crippen LogP contribution in [0, 0.1) is 0 Å². The fraction of sp³-hybridized carbons (Fsp3) is 0.481. The third-order valence-corrected chi connectivity index (χ3v) is 10.5. The zero-order valence-electron chi connectivity index (χ0n) is 21.5. The van der Waals surface area contributed by atoms with Crippen molar-refractivity contribution >= 4 is 48.3 Å². The summed E-state index contributed by atoms with van der Waals surface area (Å²) in [6, 6.07) is 12.1. The number of nitrogens with one attached hydrogen (secondary N) is 1. The van der Waals surface area contributed by atoms with E-state index < -0.39 is 10.0 Å². The van der Waals surface area contributed by atoms with Crippen LogP contribution in [0.4, 0.5) is 10.8 Å². The Kier molecular flexibility index (Phi) is 7.80. The minimum absolute atomic E-state index is 0.0603. The molecule has 2 aromatic carbocycles. The average molecular weight is 542 g/mol. The molecule has 2 aliphatic rings. The van der Waals surface area contributed by atoms with E-state index in [1.807, 2.05) is 25.1 Å². The van der Waals surface area contributed by atoms with Crippen LogP contribution < -0.4 is 10.2 Å². The Hall–Kier alpha value is -2.53. The fourth-order valence-corrected chi connectivity index (χ4v) is 7.98. The van der Waals surface area contributed by atoms with E-state index in [1.165, 1.54) is 6.42 Å². The summed E-state index contributed by atoms with van der Waals surface area (Å²) in [4.78, 5) is 22.6. The summed E-state index contributed by atoms with van der Waals surface area (Å²) in [5, 5.41) is 3.96. The summed E-state index contributed by atoms with van der Waals surface area (Å²) in [5.41, 5.74) is 2.03. The van der Waals surface area contributed by atoms with Crippen LogP contribution in [-0.4, -0.2) is 74.3 Å². The topological polar surface area (TPSA) is 85.8 Å². The van der Waals surface area contributed by atoms with Gasteiger partial charge in [-0.2, -0.15) is 4.31 Å². The summed E-state index contributed by atoms with van der Waals surface area (Å²) >= 11 is 1.64. The first-order chi connectivity index (χ1) is 17.8. The Morgan fingerprint density at radius 3 is 2.43 bits per heavy atom. The van der Waals surface area contributed by atoms with Gasteiger partial charge in [-0.1, -0.05) is 37.5 Å². The summed E-state index contributed by atoms with van der Waals surface area (Å²) in [6.07, 6.45) is 5.13. The van der Waals surface area contributed by atoms with Crippen LogP contribution in [0.1, 0.15) is 49.4 Å². The van der Waals surface area contributed by atoms with E-state index in [9.17, 15) is 13.2 Å². The van der Waals surface area contributed by atoms with Crippen molar-refractivity contribution in [1.29, 1.82) is 0 Å². The molecule has 37 heavy (non-hydrogen) atoms. The van der Waals surface area contributed by atoms with Crippen molar-refractivity contribution in [2.45, 2.75) is 50.0 Å². The van der Waals surface area contributed by atoms with Crippen molar-refractivity contribution in [2.24, 2.45) is 0 Å². The van der Waals surface area contributed by atoms with Crippen molar-refractivity contribution in [3.8, 4) is 0 Å². The normalized spacial score (nSPS) is 18.0. The molecule has 1 N–H and O–H groups in total. The number of hydrogen-bond acceptors (Lipinski definition) is 7. The molecular formula is C27H35N5O3S2. The van der Waals surface area contributed by atoms with Gasteiger partial charge in [0.05, 0.1) is 15.1 Å². The molecule has 1 aliphatic carbocycles. The molecule has 2 heterocycles. The molecular weight excluding hydrogens is 506 g/mol. The number of fused-ring (bicyclic) bond motifs is 1. The lowest BCUT2D eigenvalue weighted by molar-refractivity contribution is 0.102. The molecule has 0 unspecified atom stereocenters. The molecule has 3 aromatic rings. The number of aromatic nitrogens is 1. The lowest BCUT2D eigenvalue weighted by Gasteiger charge is -2.32. The van der Waals surface area contributed by atoms with Gasteiger partial charge >= 0.3 is 0 Å². The molecule has 0 spiro atoms. The molecule has 0 atom stereocenters. The Bertz CT molecular complexity index is 1340. The summed E-state index contributed by atoms with van der Waals surface area (Å²) in [5.74, 6) is -0.272. The van der Waals surface area contributed by atoms with Gasteiger partial charge in [0.15, 0.2) is 5.13 Å². The number of rotatable bonds is 7. The Labute approximate surface area is 223 Å². The predicted octanol–water partition coefficient (Wildman–Crippen LogP) is 4.64. The molecule has 1 saturated carbocycles. The molecule has 0 radical (unpaired) electrons. The third-order valence-electron chi connectivity index (χ3n) is 7.43. The quantitative estimate of drug-likeness (QED) is 0.469. The summed E-state index contributed by atoms with van der Waals surface area (Å²) in [6.45, 7) is 6.31. The van der Waals surface area contributed by atoms with Gasteiger partial charge in [0.1, 0.15) is 0 Å². The van der Waals surface area contributed by atoms with Crippen LogP contribution in [0.2, 0.25) is 0 Å². The zero-order valence-corrected chi connectivity index (χ0v) is 23.2. The summed E-state index contributed by atoms with van der Waals surface area (Å²) in [7, 11) is -1.46. The second-order valence-electron chi connectivity index (χ2n) is 9.95. The maximum Gasteiger partial charge on any atom is 0.255 e. The van der Waals surface area contributed by atoms with Crippen LogP contribution >= 0.6 is 11.3 Å². The highest BCUT2D eigenvalue weighted by Gasteiger charge is 2.31. The van der Waals surface area contributed by atoms with Crippen LogP contribution in [-0.2, 0) is 10.0 Å². The number of thiazole rings is 1. The molecule has 5 rings (SSSR count). The SMILES string of the molecule is CCN(C1CCCCC1)S(=O)(=O)c1ccc(C(=O)Nc2ccc3nc(N4CCN(C)CC4)sc3c2)cc1. The Morgan fingerprint density at radius 2 is 1.76 bits per heavy atom. The first-order valence-corrected chi connectivity index (χ1v) is 15.4. The van der Waals surface area contributed by atoms with Crippen molar-refractivity contribution in [3.63, 3.8) is 0 Å². The number of piperazine rings is 1. The van der Waals surface area contributed by atoms with E-state index in [-0.39, 0.29) is 16.8 Å². The van der Waals surface area contributed by atoms with E-state index in [1.54, 1.807) is 39.9 Å². The second kappa shape index (κ2) is 11.1. The lowest BCUT2D eigenvalue weighted by atomic mass is 9.95. The van der Waals surface area contributed by atoms with Crippen molar-refractivity contribution in [1.82, 2.24) is 14.2 Å². The number of likely N-dealkylation sites (N-methyl/N-ethyl adjacent to an activating group) is 1. The monoisotopic (exact) mass is 541 g/mol. The molecule has 1 amide bonds. The van der Waals surface area contributed by atoms with Gasteiger partial charge in [-0.25, -0.2) is 13.4 Å². The van der Waals surface area contributed by atoms with Crippen LogP contribution in [0.25, 0.3) is 10.2 Å². The number of sulfonamides is 1. The minimum atomic E-state index is -3.60. The maximum absolute atomic E-state index is 13.3. The molecule has 198 valence electrons. The Balaban J connectivity index is 1.27. The van der Waals surface area contributed by atoms with Gasteiger partial charge in [-0.15, -0.1) is 0 Å². The molecule has 2 fully saturated rings. The fourth-order valence-electron chi connectivity index (χ4n) is 5.23. The van der Waals surface area contributed by atoms with Crippen molar-refractivity contribution in [3.05, 3.63) is 48.0 Å². The van der Waals surface area contributed by atoms with E-state index in [0.717, 1.165) is 67.2 Å². The lowest BCUT2D eigenvalue weighted by Crippen LogP contribution is -2.44. The number of carbonyl (C=O) groups is 1. The smallest absolute Gasteiger partial charge is 0.255 e. The van der Waals surface area contributed by atoms with Gasteiger partial charge in [0.2, 0.25) is 10.0 Å². The minimum Gasteiger partial charge on any atom is -0.345 e. The molecule has 8 nitrogen and oxygen atoms in total. The van der Waals surface area contributed by atoms with Gasteiger partial charge in [0, 0.05) is 50.0 Å². The highest BCUT2D eigenvalue weighted by molar-refractivity contribution is 7.89. The van der Waals surface area contributed by atoms with Gasteiger partial charge in [-0.05, 0) is 62.4 Å². The van der Waals surface area contributed by atoms with Gasteiger partial charge in [-0.3, -0.25) is 4.79 Å². The Morgan fingerprint density at radius 1 is 1.05 bits per heavy atom. The predicted molar refractivity (Wildman–Crippen MR) is 150 cm³/mol. The van der Waals surface area contributed by atoms with Gasteiger partial charge in [0.25, 0.3) is 5.91 Å². The van der Waals surface area contributed by atoms with Crippen molar-refractivity contribution in [2.75, 3.05) is 50.0 Å². The molecule has 0 bridgehead atoms. The van der Waals surface area contributed by atoms with Crippen LogP contribution in [0.3, 0.4) is 0 Å². The molecule has 10 heteroatoms. The first kappa shape index (κ1) is 26.1. The number of benzene rings is 2. The zero-order chi connectivity index (χ0) is 26.0. The van der Waals surface area contributed by atoms with Crippen molar-refractivity contribution < 1.29 is 13.2 Å². The van der Waals surface area contributed by atoms with Crippen LogP contribution in [0.5, 0.6) is 0 Å². The third kappa shape index (κ3) is 5.67. The standard InChI is InChI=1S/C27H35N5O3S2/c1-3-32(22-7-5-4-6-8-22)37(34,35)23-12-9-20(10-13-23)26(33)28-21-11-14-24-25(19-21)36-27(29-24)31-17-15-30(2)16-18-31/h9-14,19,22H,3-8,15-18H2,1-2H3,(H,28,33). The van der Waals surface area contributed by atoms with E-state index in [4.69, 9.17) is 4.98 Å². The van der Waals surface area contributed by atoms with E-state index in [2.05, 4.69) is 22.2 Å². The highest BCUT2D eigenvalue weighted by atomic mass is 32.2. The maximum atomic E-state index is 13.3. The van der Waals surface area contributed by atoms with E-state index in [0.29, 0.717) is 17.8 Å². The number of anilines is 2. The number of amides is 1. The second-order valence-corrected chi connectivity index (χ2v) is 12.8. The molecule has 1 aliphatic heterocycles. The molecule has 1 aromatic heterocycles. The number of carbonyl (C=O) groups excluding carboxylic acids is 1. The van der Waals surface area contributed by atoms with Crippen LogP contribution in [0.15, 0.2) is 47.4 Å². The molecule has 1 saturated heterocycles. The average Bonchev–Trinajstić information content (AvgIpc) is 3.33. The number of hydrogen-bond donors (Lipinski definition) is 1. The summed E-state index contributed by atoms with van der Waals surface area (Å²) < 4.78 is 29.3. The highest BCUT2D eigenvalue weighted by Crippen LogP contribution is 2.32. The van der Waals surface area contributed by atoms with Gasteiger partial charge < -0.3 is 15.1 Å².